The minimum Gasteiger partial charge on any atom is -0.444 e. The molecule has 1 heterocycles. The molecule has 0 unspecified atom stereocenters. The number of ether oxygens (including phenoxy) is 1. The highest BCUT2D eigenvalue weighted by Gasteiger charge is 2.63. The highest BCUT2D eigenvalue weighted by molar-refractivity contribution is 5.95. The molecule has 5 nitrogen and oxygen atoms in total. The lowest BCUT2D eigenvalue weighted by molar-refractivity contribution is -0.133. The first-order valence-electron chi connectivity index (χ1n) is 8.67. The second kappa shape index (κ2) is 6.11. The van der Waals surface area contributed by atoms with Crippen LogP contribution in [0.25, 0.3) is 0 Å². The van der Waals surface area contributed by atoms with E-state index >= 15 is 0 Å². The number of hydrogen-bond donors (Lipinski definition) is 1. The van der Waals surface area contributed by atoms with Gasteiger partial charge in [-0.05, 0) is 45.6 Å². The lowest BCUT2D eigenvalue weighted by Crippen LogP contribution is -2.52. The fraction of sp³-hybridized carbons (Fsp3) is 0.579. The molecule has 2 aliphatic rings. The third-order valence-corrected chi connectivity index (χ3v) is 4.66. The van der Waals surface area contributed by atoms with E-state index in [1.54, 1.807) is 0 Å². The van der Waals surface area contributed by atoms with E-state index in [0.29, 0.717) is 6.42 Å². The first-order valence-corrected chi connectivity index (χ1v) is 8.67. The average molecular weight is 330 g/mol. The molecule has 1 saturated heterocycles. The molecule has 0 bridgehead atoms. The second-order valence-electron chi connectivity index (χ2n) is 7.76. The van der Waals surface area contributed by atoms with Crippen LogP contribution in [-0.4, -0.2) is 41.1 Å². The summed E-state index contributed by atoms with van der Waals surface area (Å²) in [6.45, 7) is 7.02. The molecular formula is C19H26N2O3. The minimum atomic E-state index is -0.853. The van der Waals surface area contributed by atoms with Gasteiger partial charge in [0.25, 0.3) is 0 Å². The van der Waals surface area contributed by atoms with Crippen LogP contribution in [0.5, 0.6) is 0 Å². The highest BCUT2D eigenvalue weighted by Crippen LogP contribution is 2.53. The van der Waals surface area contributed by atoms with Gasteiger partial charge in [-0.3, -0.25) is 4.79 Å². The fourth-order valence-corrected chi connectivity index (χ4v) is 3.47. The molecule has 1 N–H and O–H groups in total. The van der Waals surface area contributed by atoms with Crippen LogP contribution in [0.4, 0.5) is 4.79 Å². The predicted molar refractivity (Wildman–Crippen MR) is 91.7 cm³/mol. The Morgan fingerprint density at radius 3 is 2.38 bits per heavy atom. The third-order valence-electron chi connectivity index (χ3n) is 4.66. The number of alkyl carbamates (subject to hydrolysis) is 1. The maximum atomic E-state index is 13.1. The molecule has 0 radical (unpaired) electrons. The number of carbonyl (C=O) groups excluding carboxylic acids is 2. The topological polar surface area (TPSA) is 58.6 Å². The van der Waals surface area contributed by atoms with Gasteiger partial charge < -0.3 is 15.0 Å². The van der Waals surface area contributed by atoms with E-state index in [0.717, 1.165) is 31.5 Å². The average Bonchev–Trinajstić information content (AvgIpc) is 2.98. The fourth-order valence-electron chi connectivity index (χ4n) is 3.47. The largest absolute Gasteiger partial charge is 0.444 e. The Hall–Kier alpha value is -2.04. The summed E-state index contributed by atoms with van der Waals surface area (Å²) in [6, 6.07) is 9.91. The molecule has 1 aromatic rings. The van der Waals surface area contributed by atoms with Crippen molar-refractivity contribution in [1.82, 2.24) is 10.2 Å². The third kappa shape index (κ3) is 3.40. The Bertz CT molecular complexity index is 617. The van der Waals surface area contributed by atoms with E-state index in [-0.39, 0.29) is 11.8 Å². The summed E-state index contributed by atoms with van der Waals surface area (Å²) in [4.78, 5) is 27.3. The Balaban J connectivity index is 1.80. The zero-order valence-electron chi connectivity index (χ0n) is 14.7. The minimum absolute atomic E-state index is 0.0133. The molecule has 1 aromatic carbocycles. The van der Waals surface area contributed by atoms with Crippen LogP contribution in [0.15, 0.2) is 30.3 Å². The van der Waals surface area contributed by atoms with Crippen LogP contribution >= 0.6 is 0 Å². The zero-order chi connectivity index (χ0) is 17.4. The van der Waals surface area contributed by atoms with Gasteiger partial charge in [0.15, 0.2) is 0 Å². The predicted octanol–water partition coefficient (Wildman–Crippen LogP) is 3.06. The van der Waals surface area contributed by atoms with Gasteiger partial charge in [-0.15, -0.1) is 0 Å². The second-order valence-corrected chi connectivity index (χ2v) is 7.76. The first-order chi connectivity index (χ1) is 11.3. The van der Waals surface area contributed by atoms with Crippen LogP contribution in [0.3, 0.4) is 0 Å². The molecule has 0 aromatic heterocycles. The molecule has 130 valence electrons. The van der Waals surface area contributed by atoms with Crippen molar-refractivity contribution in [3.63, 3.8) is 0 Å². The summed E-state index contributed by atoms with van der Waals surface area (Å²) >= 11 is 0. The zero-order valence-corrected chi connectivity index (χ0v) is 14.7. The summed E-state index contributed by atoms with van der Waals surface area (Å²) < 4.78 is 5.39. The quantitative estimate of drug-likeness (QED) is 0.926. The van der Waals surface area contributed by atoms with Gasteiger partial charge in [-0.2, -0.15) is 0 Å². The van der Waals surface area contributed by atoms with E-state index < -0.39 is 17.2 Å². The molecule has 2 fully saturated rings. The Labute approximate surface area is 143 Å². The number of amides is 2. The van der Waals surface area contributed by atoms with Crippen LogP contribution in [0.2, 0.25) is 0 Å². The summed E-state index contributed by atoms with van der Waals surface area (Å²) in [5.74, 6) is 0.0408. The highest BCUT2D eigenvalue weighted by atomic mass is 16.6. The number of benzene rings is 1. The van der Waals surface area contributed by atoms with E-state index in [1.807, 2.05) is 56.0 Å². The summed E-state index contributed by atoms with van der Waals surface area (Å²) in [5.41, 5.74) is -0.353. The van der Waals surface area contributed by atoms with E-state index in [1.165, 1.54) is 0 Å². The standard InChI is InChI=1S/C19H26N2O3/c1-18(2,3)24-17(23)20-19(16(22)21-11-7-8-12-21)13-15(19)14-9-5-4-6-10-14/h4-6,9-10,15H,7-8,11-13H2,1-3H3,(H,20,23)/t15-,19-/m1/s1. The Morgan fingerprint density at radius 1 is 1.17 bits per heavy atom. The van der Waals surface area contributed by atoms with Crippen LogP contribution in [0.1, 0.15) is 51.5 Å². The molecule has 1 aliphatic heterocycles. The Morgan fingerprint density at radius 2 is 1.79 bits per heavy atom. The Kier molecular flexibility index (Phi) is 4.28. The van der Waals surface area contributed by atoms with Gasteiger partial charge in [-0.25, -0.2) is 4.79 Å². The smallest absolute Gasteiger partial charge is 0.408 e. The van der Waals surface area contributed by atoms with Crippen LogP contribution in [-0.2, 0) is 9.53 Å². The van der Waals surface area contributed by atoms with Gasteiger partial charge in [0, 0.05) is 19.0 Å². The number of nitrogens with zero attached hydrogens (tertiary/aromatic N) is 1. The van der Waals surface area contributed by atoms with Gasteiger partial charge in [-0.1, -0.05) is 30.3 Å². The number of rotatable bonds is 3. The van der Waals surface area contributed by atoms with Gasteiger partial charge >= 0.3 is 6.09 Å². The van der Waals surface area contributed by atoms with Crippen LogP contribution in [0, 0.1) is 0 Å². The van der Waals surface area contributed by atoms with Crippen molar-refractivity contribution in [2.45, 2.75) is 57.1 Å². The first kappa shape index (κ1) is 16.8. The monoisotopic (exact) mass is 330 g/mol. The van der Waals surface area contributed by atoms with Crippen molar-refractivity contribution < 1.29 is 14.3 Å². The van der Waals surface area contributed by atoms with Gasteiger partial charge in [0.1, 0.15) is 11.1 Å². The normalized spacial score (nSPS) is 26.1. The van der Waals surface area contributed by atoms with Crippen molar-refractivity contribution in [3.8, 4) is 0 Å². The molecule has 5 heteroatoms. The van der Waals surface area contributed by atoms with Crippen molar-refractivity contribution in [2.24, 2.45) is 0 Å². The van der Waals surface area contributed by atoms with Crippen molar-refractivity contribution in [1.29, 1.82) is 0 Å². The molecule has 24 heavy (non-hydrogen) atoms. The lowest BCUT2D eigenvalue weighted by Gasteiger charge is -2.27. The van der Waals surface area contributed by atoms with Gasteiger partial charge in [0.05, 0.1) is 0 Å². The SMILES string of the molecule is CC(C)(C)OC(=O)N[C@]1(C(=O)N2CCCC2)C[C@@H]1c1ccccc1. The molecule has 0 spiro atoms. The van der Waals surface area contributed by atoms with E-state index in [9.17, 15) is 9.59 Å². The molecular weight excluding hydrogens is 304 g/mol. The molecule has 3 rings (SSSR count). The maximum absolute atomic E-state index is 13.1. The molecule has 1 aliphatic carbocycles. The molecule has 2 atom stereocenters. The molecule has 1 saturated carbocycles. The van der Waals surface area contributed by atoms with Crippen molar-refractivity contribution in [2.75, 3.05) is 13.1 Å². The van der Waals surface area contributed by atoms with Crippen molar-refractivity contribution in [3.05, 3.63) is 35.9 Å². The van der Waals surface area contributed by atoms with E-state index in [4.69, 9.17) is 4.74 Å². The van der Waals surface area contributed by atoms with Gasteiger partial charge in [0.2, 0.25) is 5.91 Å². The van der Waals surface area contributed by atoms with E-state index in [2.05, 4.69) is 5.32 Å². The summed E-state index contributed by atoms with van der Waals surface area (Å²) in [6.07, 6.45) is 2.17. The number of carbonyl (C=O) groups is 2. The lowest BCUT2D eigenvalue weighted by atomic mass is 10.0. The summed E-state index contributed by atoms with van der Waals surface area (Å²) in [7, 11) is 0. The number of likely N-dealkylation sites (tertiary alicyclic amines) is 1. The number of nitrogens with one attached hydrogen (secondary N) is 1. The van der Waals surface area contributed by atoms with Crippen molar-refractivity contribution >= 4 is 12.0 Å². The molecule has 2 amide bonds. The van der Waals surface area contributed by atoms with Crippen LogP contribution < -0.4 is 5.32 Å². The summed E-state index contributed by atoms with van der Waals surface area (Å²) in [5, 5.41) is 2.90. The maximum Gasteiger partial charge on any atom is 0.408 e. The number of hydrogen-bond acceptors (Lipinski definition) is 3.